The fourth-order valence-electron chi connectivity index (χ4n) is 2.91. The van der Waals surface area contributed by atoms with Gasteiger partial charge in [0.15, 0.2) is 5.65 Å². The first kappa shape index (κ1) is 16.2. The minimum Gasteiger partial charge on any atom is -0.369 e. The molecule has 3 aromatic rings. The van der Waals surface area contributed by atoms with Gasteiger partial charge >= 0.3 is 0 Å². The zero-order valence-corrected chi connectivity index (χ0v) is 14.1. The number of piperazine rings is 1. The number of fused-ring (bicyclic) bond motifs is 1. The third-order valence-corrected chi connectivity index (χ3v) is 4.30. The van der Waals surface area contributed by atoms with Gasteiger partial charge in [-0.2, -0.15) is 4.98 Å². The maximum absolute atomic E-state index is 11.3. The molecule has 8 nitrogen and oxygen atoms in total. The third-order valence-electron chi connectivity index (χ3n) is 4.30. The van der Waals surface area contributed by atoms with Gasteiger partial charge in [0.2, 0.25) is 5.95 Å². The van der Waals surface area contributed by atoms with Gasteiger partial charge in [0.1, 0.15) is 5.69 Å². The highest BCUT2D eigenvalue weighted by molar-refractivity contribution is 5.93. The number of hydrogen-bond donors (Lipinski definition) is 3. The van der Waals surface area contributed by atoms with Crippen molar-refractivity contribution < 1.29 is 4.79 Å². The van der Waals surface area contributed by atoms with E-state index in [0.717, 1.165) is 37.3 Å². The molecule has 1 aromatic carbocycles. The Morgan fingerprint density at radius 3 is 2.58 bits per heavy atom. The Kier molecular flexibility index (Phi) is 4.32. The largest absolute Gasteiger partial charge is 0.369 e. The van der Waals surface area contributed by atoms with E-state index in [0.29, 0.717) is 11.6 Å². The number of primary amides is 1. The van der Waals surface area contributed by atoms with Crippen LogP contribution in [0.1, 0.15) is 10.5 Å². The zero-order valence-electron chi connectivity index (χ0n) is 14.1. The molecular formula is C18H19N7O. The molecule has 1 aliphatic heterocycles. The Bertz CT molecular complexity index is 936. The van der Waals surface area contributed by atoms with Gasteiger partial charge < -0.3 is 21.3 Å². The molecule has 1 saturated heterocycles. The number of hydrogen-bond acceptors (Lipinski definition) is 7. The lowest BCUT2D eigenvalue weighted by Crippen LogP contribution is -2.43. The molecule has 1 amide bonds. The number of carbonyl (C=O) groups is 1. The Labute approximate surface area is 150 Å². The zero-order chi connectivity index (χ0) is 17.9. The van der Waals surface area contributed by atoms with E-state index in [1.165, 1.54) is 5.69 Å². The number of nitrogens with two attached hydrogens (primary N) is 1. The smallest absolute Gasteiger partial charge is 0.267 e. The van der Waals surface area contributed by atoms with Crippen LogP contribution in [0.4, 0.5) is 17.3 Å². The van der Waals surface area contributed by atoms with E-state index in [2.05, 4.69) is 42.6 Å². The van der Waals surface area contributed by atoms with E-state index in [1.54, 1.807) is 18.3 Å². The number of rotatable bonds is 4. The molecule has 4 rings (SSSR count). The lowest BCUT2D eigenvalue weighted by Gasteiger charge is -2.29. The fourth-order valence-corrected chi connectivity index (χ4v) is 2.91. The summed E-state index contributed by atoms with van der Waals surface area (Å²) in [4.78, 5) is 26.5. The number of aromatic nitrogens is 3. The maximum Gasteiger partial charge on any atom is 0.267 e. The molecule has 0 atom stereocenters. The van der Waals surface area contributed by atoms with Crippen LogP contribution in [0.15, 0.2) is 42.6 Å². The molecule has 0 bridgehead atoms. The number of amides is 1. The molecule has 2 aromatic heterocycles. The van der Waals surface area contributed by atoms with Crippen LogP contribution in [0.25, 0.3) is 11.0 Å². The summed E-state index contributed by atoms with van der Waals surface area (Å²) in [5.74, 6) is -0.162. The average molecular weight is 349 g/mol. The SMILES string of the molecule is NC(=O)c1ccc2cnc(Nc3ccc(N4CCNCC4)cc3)nc2n1. The van der Waals surface area contributed by atoms with Crippen molar-refractivity contribution in [3.63, 3.8) is 0 Å². The van der Waals surface area contributed by atoms with Crippen molar-refractivity contribution in [2.24, 2.45) is 5.73 Å². The number of nitrogens with one attached hydrogen (secondary N) is 2. The van der Waals surface area contributed by atoms with Gasteiger partial charge in [-0.05, 0) is 36.4 Å². The molecule has 0 unspecified atom stereocenters. The Morgan fingerprint density at radius 1 is 1.08 bits per heavy atom. The minimum absolute atomic E-state index is 0.183. The summed E-state index contributed by atoms with van der Waals surface area (Å²) in [6.07, 6.45) is 1.66. The number of anilines is 3. The minimum atomic E-state index is -0.580. The summed E-state index contributed by atoms with van der Waals surface area (Å²) >= 11 is 0. The van der Waals surface area contributed by atoms with Gasteiger partial charge in [0.25, 0.3) is 5.91 Å². The highest BCUT2D eigenvalue weighted by Gasteiger charge is 2.10. The molecular weight excluding hydrogens is 330 g/mol. The van der Waals surface area contributed by atoms with Crippen molar-refractivity contribution >= 4 is 34.3 Å². The molecule has 3 heterocycles. The standard InChI is InChI=1S/C18H19N7O/c19-16(26)15-6-1-12-11-21-18(24-17(12)23-15)22-13-2-4-14(5-3-13)25-9-7-20-8-10-25/h1-6,11,20H,7-10H2,(H2,19,26)(H,21,22,23,24). The summed E-state index contributed by atoms with van der Waals surface area (Å²) in [6, 6.07) is 11.5. The van der Waals surface area contributed by atoms with Crippen molar-refractivity contribution in [1.82, 2.24) is 20.3 Å². The number of carbonyl (C=O) groups excluding carboxylic acids is 1. The van der Waals surface area contributed by atoms with Gasteiger partial charge in [0.05, 0.1) is 0 Å². The van der Waals surface area contributed by atoms with Crippen LogP contribution in [0, 0.1) is 0 Å². The van der Waals surface area contributed by atoms with Gasteiger partial charge in [-0.1, -0.05) is 0 Å². The summed E-state index contributed by atoms with van der Waals surface area (Å²) in [7, 11) is 0. The predicted molar refractivity (Wildman–Crippen MR) is 101 cm³/mol. The fraction of sp³-hybridized carbons (Fsp3) is 0.222. The lowest BCUT2D eigenvalue weighted by molar-refractivity contribution is 0.0996. The van der Waals surface area contributed by atoms with Crippen LogP contribution in [-0.4, -0.2) is 47.0 Å². The number of pyridine rings is 1. The van der Waals surface area contributed by atoms with E-state index in [4.69, 9.17) is 5.73 Å². The second kappa shape index (κ2) is 6.93. The van der Waals surface area contributed by atoms with E-state index in [1.807, 2.05) is 12.1 Å². The quantitative estimate of drug-likeness (QED) is 0.651. The first-order valence-electron chi connectivity index (χ1n) is 8.45. The summed E-state index contributed by atoms with van der Waals surface area (Å²) in [6.45, 7) is 4.03. The molecule has 1 aliphatic rings. The third kappa shape index (κ3) is 3.40. The summed E-state index contributed by atoms with van der Waals surface area (Å²) < 4.78 is 0. The van der Waals surface area contributed by atoms with Crippen molar-refractivity contribution in [2.75, 3.05) is 36.4 Å². The molecule has 0 aliphatic carbocycles. The second-order valence-corrected chi connectivity index (χ2v) is 6.08. The van der Waals surface area contributed by atoms with Gasteiger partial charge in [-0.25, -0.2) is 9.97 Å². The van der Waals surface area contributed by atoms with Crippen molar-refractivity contribution in [1.29, 1.82) is 0 Å². The van der Waals surface area contributed by atoms with Crippen molar-refractivity contribution in [3.05, 3.63) is 48.3 Å². The normalized spacial score (nSPS) is 14.4. The molecule has 8 heteroatoms. The Morgan fingerprint density at radius 2 is 1.85 bits per heavy atom. The van der Waals surface area contributed by atoms with Crippen molar-refractivity contribution in [3.8, 4) is 0 Å². The second-order valence-electron chi connectivity index (χ2n) is 6.08. The molecule has 26 heavy (non-hydrogen) atoms. The first-order valence-corrected chi connectivity index (χ1v) is 8.45. The van der Waals surface area contributed by atoms with Gasteiger partial charge in [-0.15, -0.1) is 0 Å². The first-order chi connectivity index (χ1) is 12.7. The molecule has 0 saturated carbocycles. The van der Waals surface area contributed by atoms with Gasteiger partial charge in [0, 0.05) is 49.1 Å². The van der Waals surface area contributed by atoms with Crippen LogP contribution in [0.2, 0.25) is 0 Å². The molecule has 1 fully saturated rings. The van der Waals surface area contributed by atoms with Crippen LogP contribution in [0.5, 0.6) is 0 Å². The maximum atomic E-state index is 11.3. The Balaban J connectivity index is 1.53. The predicted octanol–water partition coefficient (Wildman–Crippen LogP) is 1.28. The molecule has 132 valence electrons. The number of nitrogens with zero attached hydrogens (tertiary/aromatic N) is 4. The van der Waals surface area contributed by atoms with E-state index in [-0.39, 0.29) is 5.69 Å². The van der Waals surface area contributed by atoms with Gasteiger partial charge in [-0.3, -0.25) is 4.79 Å². The monoisotopic (exact) mass is 349 g/mol. The topological polar surface area (TPSA) is 109 Å². The van der Waals surface area contributed by atoms with E-state index in [9.17, 15) is 4.79 Å². The molecule has 0 spiro atoms. The summed E-state index contributed by atoms with van der Waals surface area (Å²) in [5, 5.41) is 7.26. The van der Waals surface area contributed by atoms with Crippen LogP contribution in [0.3, 0.4) is 0 Å². The van der Waals surface area contributed by atoms with E-state index < -0.39 is 5.91 Å². The highest BCUT2D eigenvalue weighted by atomic mass is 16.1. The van der Waals surface area contributed by atoms with Crippen LogP contribution >= 0.6 is 0 Å². The van der Waals surface area contributed by atoms with Crippen LogP contribution in [-0.2, 0) is 0 Å². The lowest BCUT2D eigenvalue weighted by atomic mass is 10.2. The van der Waals surface area contributed by atoms with E-state index >= 15 is 0 Å². The van der Waals surface area contributed by atoms with Crippen molar-refractivity contribution in [2.45, 2.75) is 0 Å². The highest BCUT2D eigenvalue weighted by Crippen LogP contribution is 2.21. The summed E-state index contributed by atoms with van der Waals surface area (Å²) in [5.41, 5.74) is 7.97. The number of benzene rings is 1. The van der Waals surface area contributed by atoms with Crippen LogP contribution < -0.4 is 21.3 Å². The Hall–Kier alpha value is -3.26. The average Bonchev–Trinajstić information content (AvgIpc) is 2.68. The molecule has 0 radical (unpaired) electrons. The molecule has 4 N–H and O–H groups in total.